The molecule has 6 heteroatoms. The molecule has 1 aliphatic carbocycles. The Kier molecular flexibility index (Phi) is 5.12. The van der Waals surface area contributed by atoms with Crippen LogP contribution in [0.25, 0.3) is 11.1 Å². The maximum Gasteiger partial charge on any atom is 0.231 e. The minimum absolute atomic E-state index is 0.0611. The lowest BCUT2D eigenvalue weighted by Crippen LogP contribution is -2.28. The fourth-order valence-electron chi connectivity index (χ4n) is 4.58. The molecule has 0 fully saturated rings. The van der Waals surface area contributed by atoms with Crippen LogP contribution in [0.3, 0.4) is 0 Å². The Bertz CT molecular complexity index is 979. The van der Waals surface area contributed by atoms with E-state index in [0.29, 0.717) is 34.7 Å². The van der Waals surface area contributed by atoms with Crippen LogP contribution in [-0.4, -0.2) is 35.2 Å². The lowest BCUT2D eigenvalue weighted by molar-refractivity contribution is 0.171. The van der Waals surface area contributed by atoms with Crippen molar-refractivity contribution < 1.29 is 28.4 Å². The highest BCUT2D eigenvalue weighted by Gasteiger charge is 2.37. The second kappa shape index (κ2) is 7.49. The number of methoxy groups -OCH3 is 4. The summed E-state index contributed by atoms with van der Waals surface area (Å²) >= 11 is 0. The molecular weight excluding hydrogens is 384 g/mol. The van der Waals surface area contributed by atoms with E-state index in [9.17, 15) is 0 Å². The van der Waals surface area contributed by atoms with Crippen molar-refractivity contribution in [3.63, 3.8) is 0 Å². The summed E-state index contributed by atoms with van der Waals surface area (Å²) in [6.07, 6.45) is 1.74. The van der Waals surface area contributed by atoms with Gasteiger partial charge in [-0.3, -0.25) is 0 Å². The van der Waals surface area contributed by atoms with Crippen molar-refractivity contribution in [1.82, 2.24) is 0 Å². The topological polar surface area (TPSA) is 55.4 Å². The molecule has 0 spiro atoms. The lowest BCUT2D eigenvalue weighted by Gasteiger charge is -2.36. The van der Waals surface area contributed by atoms with Crippen molar-refractivity contribution in [3.05, 3.63) is 23.3 Å². The first-order chi connectivity index (χ1) is 14.4. The molecule has 0 unspecified atom stereocenters. The average molecular weight is 414 g/mol. The normalized spacial score (nSPS) is 18.6. The fourth-order valence-corrected chi connectivity index (χ4v) is 4.58. The van der Waals surface area contributed by atoms with Crippen LogP contribution in [0.15, 0.2) is 12.1 Å². The second-order valence-electron chi connectivity index (χ2n) is 8.63. The van der Waals surface area contributed by atoms with Crippen LogP contribution in [0.4, 0.5) is 0 Å². The Morgan fingerprint density at radius 1 is 0.833 bits per heavy atom. The number of rotatable bonds is 4. The molecule has 2 aromatic carbocycles. The van der Waals surface area contributed by atoms with E-state index in [4.69, 9.17) is 28.4 Å². The van der Waals surface area contributed by atoms with E-state index in [1.807, 2.05) is 0 Å². The van der Waals surface area contributed by atoms with Crippen LogP contribution in [0.2, 0.25) is 0 Å². The quantitative estimate of drug-likeness (QED) is 0.711. The van der Waals surface area contributed by atoms with Crippen LogP contribution in [-0.2, 0) is 12.8 Å². The smallest absolute Gasteiger partial charge is 0.231 e. The van der Waals surface area contributed by atoms with Gasteiger partial charge in [-0.25, -0.2) is 0 Å². The van der Waals surface area contributed by atoms with Gasteiger partial charge in [-0.1, -0.05) is 20.8 Å². The predicted octanol–water partition coefficient (Wildman–Crippen LogP) is 4.88. The Morgan fingerprint density at radius 2 is 1.50 bits per heavy atom. The number of benzene rings is 2. The molecule has 0 saturated carbocycles. The van der Waals surface area contributed by atoms with Gasteiger partial charge in [0.1, 0.15) is 0 Å². The van der Waals surface area contributed by atoms with Gasteiger partial charge in [0.15, 0.2) is 23.0 Å². The maximum atomic E-state index is 5.90. The molecule has 1 atom stereocenters. The van der Waals surface area contributed by atoms with Crippen molar-refractivity contribution in [2.75, 3.05) is 35.2 Å². The third-order valence-corrected chi connectivity index (χ3v) is 6.57. The molecule has 1 aliphatic heterocycles. The molecule has 0 amide bonds. The van der Waals surface area contributed by atoms with Gasteiger partial charge in [0.2, 0.25) is 18.3 Å². The Hall–Kier alpha value is -2.76. The SMILES string of the molecule is COc1cc2c(c(OC)c1OC)-c1c(cc3c(c1OC)OCO3)CC(C)(C)[C@H](C)C2. The molecular formula is C24H30O6. The number of ether oxygens (including phenoxy) is 6. The summed E-state index contributed by atoms with van der Waals surface area (Å²) in [4.78, 5) is 0. The van der Waals surface area contributed by atoms with Crippen molar-refractivity contribution in [2.45, 2.75) is 33.6 Å². The first-order valence-corrected chi connectivity index (χ1v) is 10.2. The summed E-state index contributed by atoms with van der Waals surface area (Å²) in [6, 6.07) is 4.14. The van der Waals surface area contributed by atoms with E-state index >= 15 is 0 Å². The third-order valence-electron chi connectivity index (χ3n) is 6.57. The van der Waals surface area contributed by atoms with Crippen LogP contribution in [0.1, 0.15) is 31.9 Å². The zero-order chi connectivity index (χ0) is 21.6. The first-order valence-electron chi connectivity index (χ1n) is 10.2. The molecule has 0 N–H and O–H groups in total. The lowest BCUT2D eigenvalue weighted by atomic mass is 9.69. The molecule has 2 aromatic rings. The highest BCUT2D eigenvalue weighted by molar-refractivity contribution is 5.88. The standard InChI is InChI=1S/C24H30O6/c1-13-8-14-9-16(25-4)20(26-5)22(27-6)18(14)19-15(11-24(13,2)3)10-17-21(23(19)28-7)30-12-29-17/h9-10,13H,8,11-12H2,1-7H3/t13-/m1/s1. The van der Waals surface area contributed by atoms with Crippen LogP contribution in [0, 0.1) is 11.3 Å². The van der Waals surface area contributed by atoms with Crippen molar-refractivity contribution in [2.24, 2.45) is 11.3 Å². The monoisotopic (exact) mass is 414 g/mol. The largest absolute Gasteiger partial charge is 0.493 e. The zero-order valence-electron chi connectivity index (χ0n) is 18.8. The van der Waals surface area contributed by atoms with Crippen molar-refractivity contribution >= 4 is 0 Å². The fraction of sp³-hybridized carbons (Fsp3) is 0.500. The van der Waals surface area contributed by atoms with Gasteiger partial charge in [-0.15, -0.1) is 0 Å². The highest BCUT2D eigenvalue weighted by Crippen LogP contribution is 2.57. The maximum absolute atomic E-state index is 5.90. The van der Waals surface area contributed by atoms with E-state index in [2.05, 4.69) is 32.9 Å². The van der Waals surface area contributed by atoms with E-state index in [-0.39, 0.29) is 12.2 Å². The molecule has 162 valence electrons. The Labute approximate surface area is 178 Å². The van der Waals surface area contributed by atoms with Gasteiger partial charge in [0, 0.05) is 11.1 Å². The average Bonchev–Trinajstić information content (AvgIpc) is 3.19. The van der Waals surface area contributed by atoms with Gasteiger partial charge in [-0.2, -0.15) is 0 Å². The minimum atomic E-state index is 0.0611. The summed E-state index contributed by atoms with van der Waals surface area (Å²) in [5.41, 5.74) is 4.26. The van der Waals surface area contributed by atoms with Crippen LogP contribution < -0.4 is 28.4 Å². The molecule has 0 radical (unpaired) electrons. The molecule has 2 aliphatic rings. The van der Waals surface area contributed by atoms with E-state index in [1.165, 1.54) is 0 Å². The summed E-state index contributed by atoms with van der Waals surface area (Å²) < 4.78 is 34.6. The molecule has 30 heavy (non-hydrogen) atoms. The minimum Gasteiger partial charge on any atom is -0.493 e. The number of hydrogen-bond donors (Lipinski definition) is 0. The molecule has 6 nitrogen and oxygen atoms in total. The first kappa shape index (κ1) is 20.5. The van der Waals surface area contributed by atoms with Crippen molar-refractivity contribution in [1.29, 1.82) is 0 Å². The van der Waals surface area contributed by atoms with Gasteiger partial charge in [0.05, 0.1) is 28.4 Å². The second-order valence-corrected chi connectivity index (χ2v) is 8.63. The van der Waals surface area contributed by atoms with E-state index in [1.54, 1.807) is 28.4 Å². The highest BCUT2D eigenvalue weighted by atomic mass is 16.7. The van der Waals surface area contributed by atoms with Gasteiger partial charge in [0.25, 0.3) is 0 Å². The van der Waals surface area contributed by atoms with Crippen LogP contribution in [0.5, 0.6) is 34.5 Å². The van der Waals surface area contributed by atoms with E-state index < -0.39 is 0 Å². The predicted molar refractivity (Wildman–Crippen MR) is 115 cm³/mol. The zero-order valence-corrected chi connectivity index (χ0v) is 18.8. The molecule has 0 bridgehead atoms. The molecule has 0 saturated heterocycles. The van der Waals surface area contributed by atoms with Gasteiger partial charge >= 0.3 is 0 Å². The van der Waals surface area contributed by atoms with Crippen molar-refractivity contribution in [3.8, 4) is 45.6 Å². The summed E-state index contributed by atoms with van der Waals surface area (Å²) in [5.74, 6) is 4.29. The summed E-state index contributed by atoms with van der Waals surface area (Å²) in [6.45, 7) is 7.09. The number of fused-ring (bicyclic) bond motifs is 4. The van der Waals surface area contributed by atoms with Gasteiger partial charge < -0.3 is 28.4 Å². The molecule has 4 rings (SSSR count). The van der Waals surface area contributed by atoms with E-state index in [0.717, 1.165) is 40.8 Å². The summed E-state index contributed by atoms with van der Waals surface area (Å²) in [5, 5.41) is 0. The Balaban J connectivity index is 2.14. The van der Waals surface area contributed by atoms with Gasteiger partial charge in [-0.05, 0) is 47.4 Å². The number of hydrogen-bond acceptors (Lipinski definition) is 6. The summed E-state index contributed by atoms with van der Waals surface area (Å²) in [7, 11) is 6.59. The van der Waals surface area contributed by atoms with Crippen LogP contribution >= 0.6 is 0 Å². The molecule has 1 heterocycles. The third kappa shape index (κ3) is 3.01. The molecule has 0 aromatic heterocycles. The Morgan fingerprint density at radius 3 is 2.13 bits per heavy atom.